The summed E-state index contributed by atoms with van der Waals surface area (Å²) >= 11 is 0. The molecule has 0 aromatic heterocycles. The van der Waals surface area contributed by atoms with E-state index in [0.717, 1.165) is 0 Å². The highest BCUT2D eigenvalue weighted by Crippen LogP contribution is 2.23. The highest BCUT2D eigenvalue weighted by Gasteiger charge is 2.29. The second kappa shape index (κ2) is 8.61. The molecule has 3 rings (SSSR count). The third kappa shape index (κ3) is 4.71. The van der Waals surface area contributed by atoms with E-state index in [1.165, 1.54) is 29.2 Å². The molecule has 0 unspecified atom stereocenters. The fraction of sp³-hybridized carbons (Fsp3) is 0.182. The monoisotopic (exact) mass is 383 g/mol. The van der Waals surface area contributed by atoms with Gasteiger partial charge in [-0.15, -0.1) is 0 Å². The van der Waals surface area contributed by atoms with Gasteiger partial charge in [-0.05, 0) is 54.5 Å². The number of piperidine rings is 1. The van der Waals surface area contributed by atoms with Crippen molar-refractivity contribution in [1.82, 2.24) is 4.90 Å². The lowest BCUT2D eigenvalue weighted by Gasteiger charge is -2.29. The van der Waals surface area contributed by atoms with Gasteiger partial charge in [0.1, 0.15) is 11.6 Å². The number of hydrogen-bond donors (Lipinski definition) is 0. The van der Waals surface area contributed by atoms with E-state index in [9.17, 15) is 18.4 Å². The molecule has 0 saturated carbocycles. The van der Waals surface area contributed by atoms with Crippen LogP contribution in [-0.4, -0.2) is 36.5 Å². The Labute approximate surface area is 161 Å². The van der Waals surface area contributed by atoms with Gasteiger partial charge in [0.15, 0.2) is 5.78 Å². The third-order valence-corrected chi connectivity index (χ3v) is 4.25. The predicted octanol–water partition coefficient (Wildman–Crippen LogP) is 4.47. The molecule has 144 valence electrons. The van der Waals surface area contributed by atoms with Crippen LogP contribution in [0.1, 0.15) is 18.1 Å². The van der Waals surface area contributed by atoms with Gasteiger partial charge in [-0.3, -0.25) is 9.69 Å². The van der Waals surface area contributed by atoms with Crippen LogP contribution in [0.3, 0.4) is 0 Å². The van der Waals surface area contributed by atoms with Gasteiger partial charge in [0.2, 0.25) is 0 Å². The molecule has 2 aromatic rings. The Morgan fingerprint density at radius 3 is 1.75 bits per heavy atom. The van der Waals surface area contributed by atoms with Crippen molar-refractivity contribution in [3.63, 3.8) is 0 Å². The first kappa shape index (κ1) is 19.5. The van der Waals surface area contributed by atoms with Crippen molar-refractivity contribution >= 4 is 24.0 Å². The van der Waals surface area contributed by atoms with E-state index in [-0.39, 0.29) is 37.1 Å². The van der Waals surface area contributed by atoms with Crippen LogP contribution < -0.4 is 0 Å². The molecular weight excluding hydrogens is 364 g/mol. The molecule has 1 saturated heterocycles. The van der Waals surface area contributed by atoms with Crippen molar-refractivity contribution in [1.29, 1.82) is 0 Å². The number of ketones is 1. The Morgan fingerprint density at radius 1 is 0.929 bits per heavy atom. The summed E-state index contributed by atoms with van der Waals surface area (Å²) in [4.78, 5) is 26.6. The quantitative estimate of drug-likeness (QED) is 0.735. The number of carbonyl (C=O) groups is 2. The van der Waals surface area contributed by atoms with E-state index < -0.39 is 6.09 Å². The molecule has 1 aliphatic heterocycles. The zero-order chi connectivity index (χ0) is 20.1. The zero-order valence-electron chi connectivity index (χ0n) is 15.3. The summed E-state index contributed by atoms with van der Waals surface area (Å²) in [5.41, 5.74) is 2.08. The van der Waals surface area contributed by atoms with Crippen LogP contribution in [0, 0.1) is 11.6 Å². The first-order chi connectivity index (χ1) is 13.5. The van der Waals surface area contributed by atoms with Gasteiger partial charge in [0, 0.05) is 11.1 Å². The SMILES string of the molecule is CCOC(=O)N1C/C(=C\c2ccc(F)cc2)C(=O)/C(=C/c2ccc(F)cc2)C1. The maximum atomic E-state index is 13.1. The second-order valence-electron chi connectivity index (χ2n) is 6.33. The van der Waals surface area contributed by atoms with Crippen LogP contribution in [0.15, 0.2) is 59.7 Å². The lowest BCUT2D eigenvalue weighted by atomic mass is 9.94. The van der Waals surface area contributed by atoms with Gasteiger partial charge >= 0.3 is 6.09 Å². The summed E-state index contributed by atoms with van der Waals surface area (Å²) in [5, 5.41) is 0. The molecule has 1 aliphatic rings. The zero-order valence-corrected chi connectivity index (χ0v) is 15.3. The summed E-state index contributed by atoms with van der Waals surface area (Å²) in [6.45, 7) is 2.11. The smallest absolute Gasteiger partial charge is 0.410 e. The number of amides is 1. The largest absolute Gasteiger partial charge is 0.450 e. The number of Topliss-reactive ketones (excluding diaryl/α,β-unsaturated/α-hetero) is 1. The molecule has 4 nitrogen and oxygen atoms in total. The number of benzene rings is 2. The average molecular weight is 383 g/mol. The number of rotatable bonds is 3. The van der Waals surface area contributed by atoms with E-state index in [1.807, 2.05) is 0 Å². The normalized spacial score (nSPS) is 17.2. The van der Waals surface area contributed by atoms with Crippen molar-refractivity contribution < 1.29 is 23.1 Å². The summed E-state index contributed by atoms with van der Waals surface area (Å²) in [6, 6.07) is 11.4. The molecule has 1 amide bonds. The lowest BCUT2D eigenvalue weighted by Crippen LogP contribution is -2.41. The van der Waals surface area contributed by atoms with Crippen molar-refractivity contribution in [2.24, 2.45) is 0 Å². The molecule has 0 N–H and O–H groups in total. The standard InChI is InChI=1S/C22H19F2NO3/c1-2-28-22(27)25-13-17(11-15-3-7-19(23)8-4-15)21(26)18(14-25)12-16-5-9-20(24)10-6-16/h3-12H,2,13-14H2,1H3/b17-11+,18-12+. The molecule has 6 heteroatoms. The molecule has 28 heavy (non-hydrogen) atoms. The van der Waals surface area contributed by atoms with Gasteiger partial charge in [-0.25, -0.2) is 13.6 Å². The van der Waals surface area contributed by atoms with Crippen molar-refractivity contribution in [2.75, 3.05) is 19.7 Å². The number of carbonyl (C=O) groups excluding carboxylic acids is 2. The van der Waals surface area contributed by atoms with E-state index in [0.29, 0.717) is 22.3 Å². The van der Waals surface area contributed by atoms with Gasteiger partial charge in [-0.1, -0.05) is 24.3 Å². The molecule has 0 aliphatic carbocycles. The van der Waals surface area contributed by atoms with Crippen LogP contribution in [-0.2, 0) is 9.53 Å². The Morgan fingerprint density at radius 2 is 1.36 bits per heavy atom. The molecule has 2 aromatic carbocycles. The van der Waals surface area contributed by atoms with Crippen LogP contribution in [0.4, 0.5) is 13.6 Å². The number of hydrogen-bond acceptors (Lipinski definition) is 3. The molecule has 0 spiro atoms. The molecule has 0 atom stereocenters. The second-order valence-corrected chi connectivity index (χ2v) is 6.33. The van der Waals surface area contributed by atoms with E-state index in [4.69, 9.17) is 4.74 Å². The van der Waals surface area contributed by atoms with Crippen LogP contribution >= 0.6 is 0 Å². The Hall–Kier alpha value is -3.28. The van der Waals surface area contributed by atoms with E-state index in [1.54, 1.807) is 43.3 Å². The Balaban J connectivity index is 1.96. The molecule has 0 bridgehead atoms. The van der Waals surface area contributed by atoms with Crippen molar-refractivity contribution in [2.45, 2.75) is 6.92 Å². The first-order valence-corrected chi connectivity index (χ1v) is 8.85. The molecule has 1 fully saturated rings. The van der Waals surface area contributed by atoms with Crippen molar-refractivity contribution in [3.8, 4) is 0 Å². The van der Waals surface area contributed by atoms with Gasteiger partial charge < -0.3 is 4.74 Å². The van der Waals surface area contributed by atoms with Gasteiger partial charge in [0.05, 0.1) is 19.7 Å². The van der Waals surface area contributed by atoms with E-state index in [2.05, 4.69) is 0 Å². The highest BCUT2D eigenvalue weighted by molar-refractivity contribution is 6.15. The predicted molar refractivity (Wildman–Crippen MR) is 102 cm³/mol. The first-order valence-electron chi connectivity index (χ1n) is 8.85. The molecule has 0 radical (unpaired) electrons. The minimum Gasteiger partial charge on any atom is -0.450 e. The number of ether oxygens (including phenoxy) is 1. The summed E-state index contributed by atoms with van der Waals surface area (Å²) in [5.74, 6) is -0.960. The minimum absolute atomic E-state index is 0.0931. The number of nitrogens with zero attached hydrogens (tertiary/aromatic N) is 1. The number of halogens is 2. The molecule has 1 heterocycles. The van der Waals surface area contributed by atoms with Crippen molar-refractivity contribution in [3.05, 3.63) is 82.4 Å². The maximum Gasteiger partial charge on any atom is 0.410 e. The average Bonchev–Trinajstić information content (AvgIpc) is 2.68. The topological polar surface area (TPSA) is 46.6 Å². The summed E-state index contributed by atoms with van der Waals surface area (Å²) in [7, 11) is 0. The Bertz CT molecular complexity index is 864. The summed E-state index contributed by atoms with van der Waals surface area (Å²) in [6.07, 6.45) is 2.74. The summed E-state index contributed by atoms with van der Waals surface area (Å²) < 4.78 is 31.3. The third-order valence-electron chi connectivity index (χ3n) is 4.25. The highest BCUT2D eigenvalue weighted by atomic mass is 19.1. The van der Waals surface area contributed by atoms with Gasteiger partial charge in [-0.2, -0.15) is 0 Å². The fourth-order valence-electron chi connectivity index (χ4n) is 2.90. The van der Waals surface area contributed by atoms with Crippen LogP contribution in [0.2, 0.25) is 0 Å². The lowest BCUT2D eigenvalue weighted by molar-refractivity contribution is -0.113. The van der Waals surface area contributed by atoms with Crippen LogP contribution in [0.5, 0.6) is 0 Å². The minimum atomic E-state index is -0.523. The Kier molecular flexibility index (Phi) is 5.99. The van der Waals surface area contributed by atoms with Gasteiger partial charge in [0.25, 0.3) is 0 Å². The number of likely N-dealkylation sites (tertiary alicyclic amines) is 1. The maximum absolute atomic E-state index is 13.1. The molecular formula is C22H19F2NO3. The van der Waals surface area contributed by atoms with Crippen LogP contribution in [0.25, 0.3) is 12.2 Å². The fourth-order valence-corrected chi connectivity index (χ4v) is 2.90. The van der Waals surface area contributed by atoms with E-state index >= 15 is 0 Å².